The number of nitrogens with two attached hydrogens (primary N) is 1. The van der Waals surface area contributed by atoms with E-state index < -0.39 is 0 Å². The van der Waals surface area contributed by atoms with Crippen LogP contribution >= 0.6 is 11.3 Å². The molecule has 0 spiro atoms. The Labute approximate surface area is 77.6 Å². The standard InChI is InChI=1S/C10H15NS/c1-7-4-5-12-10(7)9(11)6-8-2-3-8/h4-5,8-9H,2-3,6,11H2,1H3. The Hall–Kier alpha value is -0.340. The van der Waals surface area contributed by atoms with Gasteiger partial charge in [-0.15, -0.1) is 11.3 Å². The van der Waals surface area contributed by atoms with Gasteiger partial charge in [0, 0.05) is 10.9 Å². The van der Waals surface area contributed by atoms with Gasteiger partial charge in [0.2, 0.25) is 0 Å². The van der Waals surface area contributed by atoms with Crippen molar-refractivity contribution in [3.63, 3.8) is 0 Å². The first-order chi connectivity index (χ1) is 5.77. The Morgan fingerprint density at radius 1 is 1.67 bits per heavy atom. The minimum absolute atomic E-state index is 0.303. The van der Waals surface area contributed by atoms with Gasteiger partial charge in [-0.2, -0.15) is 0 Å². The number of rotatable bonds is 3. The Morgan fingerprint density at radius 3 is 2.92 bits per heavy atom. The van der Waals surface area contributed by atoms with E-state index in [-0.39, 0.29) is 0 Å². The lowest BCUT2D eigenvalue weighted by molar-refractivity contribution is 0.603. The van der Waals surface area contributed by atoms with E-state index in [1.54, 1.807) is 11.3 Å². The third-order valence-corrected chi connectivity index (χ3v) is 3.67. The van der Waals surface area contributed by atoms with E-state index in [0.29, 0.717) is 6.04 Å². The van der Waals surface area contributed by atoms with Gasteiger partial charge in [0.15, 0.2) is 0 Å². The molecule has 2 N–H and O–H groups in total. The molecule has 0 saturated heterocycles. The molecule has 1 aliphatic rings. The molecule has 0 bridgehead atoms. The second kappa shape index (κ2) is 3.19. The van der Waals surface area contributed by atoms with Gasteiger partial charge in [-0.05, 0) is 36.3 Å². The van der Waals surface area contributed by atoms with Gasteiger partial charge < -0.3 is 5.73 Å². The minimum Gasteiger partial charge on any atom is -0.323 e. The van der Waals surface area contributed by atoms with Crippen LogP contribution < -0.4 is 5.73 Å². The SMILES string of the molecule is Cc1ccsc1C(N)CC1CC1. The summed E-state index contributed by atoms with van der Waals surface area (Å²) in [6, 6.07) is 2.46. The van der Waals surface area contributed by atoms with E-state index in [0.717, 1.165) is 5.92 Å². The molecule has 1 atom stereocenters. The van der Waals surface area contributed by atoms with Gasteiger partial charge >= 0.3 is 0 Å². The van der Waals surface area contributed by atoms with E-state index in [9.17, 15) is 0 Å². The molecule has 1 fully saturated rings. The molecule has 1 heterocycles. The highest BCUT2D eigenvalue weighted by Gasteiger charge is 2.25. The Balaban J connectivity index is 2.02. The average Bonchev–Trinajstić information content (AvgIpc) is 2.72. The summed E-state index contributed by atoms with van der Waals surface area (Å²) in [7, 11) is 0. The first-order valence-corrected chi connectivity index (χ1v) is 5.45. The molecule has 1 aliphatic carbocycles. The Morgan fingerprint density at radius 2 is 2.42 bits per heavy atom. The largest absolute Gasteiger partial charge is 0.323 e. The fourth-order valence-corrected chi connectivity index (χ4v) is 2.53. The van der Waals surface area contributed by atoms with Crippen LogP contribution in [-0.4, -0.2) is 0 Å². The lowest BCUT2D eigenvalue weighted by atomic mass is 10.1. The molecule has 0 aromatic carbocycles. The zero-order valence-electron chi connectivity index (χ0n) is 7.42. The van der Waals surface area contributed by atoms with Crippen molar-refractivity contribution in [2.24, 2.45) is 11.7 Å². The van der Waals surface area contributed by atoms with Crippen LogP contribution in [-0.2, 0) is 0 Å². The van der Waals surface area contributed by atoms with Crippen LogP contribution in [0.2, 0.25) is 0 Å². The summed E-state index contributed by atoms with van der Waals surface area (Å²) in [6.45, 7) is 2.15. The smallest absolute Gasteiger partial charge is 0.0395 e. The van der Waals surface area contributed by atoms with Crippen LogP contribution in [0.4, 0.5) is 0 Å². The maximum atomic E-state index is 6.09. The predicted octanol–water partition coefficient (Wildman–Crippen LogP) is 2.86. The van der Waals surface area contributed by atoms with Crippen molar-refractivity contribution >= 4 is 11.3 Å². The molecule has 12 heavy (non-hydrogen) atoms. The molecule has 1 nitrogen and oxygen atoms in total. The lowest BCUT2D eigenvalue weighted by Crippen LogP contribution is -2.10. The average molecular weight is 181 g/mol. The molecular formula is C10H15NS. The maximum absolute atomic E-state index is 6.09. The van der Waals surface area contributed by atoms with Crippen molar-refractivity contribution in [3.8, 4) is 0 Å². The van der Waals surface area contributed by atoms with Crippen LogP contribution in [0.3, 0.4) is 0 Å². The molecule has 1 unspecified atom stereocenters. The topological polar surface area (TPSA) is 26.0 Å². The summed E-state index contributed by atoms with van der Waals surface area (Å²) in [5, 5.41) is 2.14. The van der Waals surface area contributed by atoms with Crippen molar-refractivity contribution < 1.29 is 0 Å². The Bertz CT molecular complexity index is 263. The maximum Gasteiger partial charge on any atom is 0.0395 e. The van der Waals surface area contributed by atoms with E-state index in [1.165, 1.54) is 29.7 Å². The van der Waals surface area contributed by atoms with Gasteiger partial charge in [-0.1, -0.05) is 12.8 Å². The number of thiophene rings is 1. The Kier molecular flexibility index (Phi) is 2.20. The van der Waals surface area contributed by atoms with Crippen LogP contribution in [0.1, 0.15) is 35.7 Å². The highest BCUT2D eigenvalue weighted by molar-refractivity contribution is 7.10. The highest BCUT2D eigenvalue weighted by atomic mass is 32.1. The van der Waals surface area contributed by atoms with E-state index in [2.05, 4.69) is 18.4 Å². The quantitative estimate of drug-likeness (QED) is 0.762. The summed E-state index contributed by atoms with van der Waals surface area (Å²) in [6.07, 6.45) is 4.00. The normalized spacial score (nSPS) is 19.5. The summed E-state index contributed by atoms with van der Waals surface area (Å²) in [4.78, 5) is 1.39. The molecule has 0 aliphatic heterocycles. The summed E-state index contributed by atoms with van der Waals surface area (Å²) in [5.41, 5.74) is 7.46. The first-order valence-electron chi connectivity index (χ1n) is 4.57. The van der Waals surface area contributed by atoms with Crippen molar-refractivity contribution in [1.29, 1.82) is 0 Å². The molecule has 0 radical (unpaired) electrons. The molecule has 1 aromatic rings. The third kappa shape index (κ3) is 1.70. The molecular weight excluding hydrogens is 166 g/mol. The molecule has 2 heteroatoms. The van der Waals surface area contributed by atoms with Crippen LogP contribution in [0, 0.1) is 12.8 Å². The third-order valence-electron chi connectivity index (χ3n) is 2.52. The van der Waals surface area contributed by atoms with Gasteiger partial charge in [0.05, 0.1) is 0 Å². The van der Waals surface area contributed by atoms with E-state index >= 15 is 0 Å². The van der Waals surface area contributed by atoms with Crippen LogP contribution in [0.25, 0.3) is 0 Å². The monoisotopic (exact) mass is 181 g/mol. The van der Waals surface area contributed by atoms with E-state index in [1.807, 2.05) is 0 Å². The predicted molar refractivity (Wildman–Crippen MR) is 53.3 cm³/mol. The van der Waals surface area contributed by atoms with Gasteiger partial charge in [0.25, 0.3) is 0 Å². The van der Waals surface area contributed by atoms with Crippen LogP contribution in [0.15, 0.2) is 11.4 Å². The van der Waals surface area contributed by atoms with E-state index in [4.69, 9.17) is 5.73 Å². The molecule has 66 valence electrons. The lowest BCUT2D eigenvalue weighted by Gasteiger charge is -2.09. The number of hydrogen-bond donors (Lipinski definition) is 1. The summed E-state index contributed by atoms with van der Waals surface area (Å²) >= 11 is 1.80. The molecule has 1 aromatic heterocycles. The fourth-order valence-electron chi connectivity index (χ4n) is 1.58. The second-order valence-corrected chi connectivity index (χ2v) is 4.70. The zero-order valence-corrected chi connectivity index (χ0v) is 8.23. The minimum atomic E-state index is 0.303. The van der Waals surface area contributed by atoms with Gasteiger partial charge in [-0.3, -0.25) is 0 Å². The zero-order chi connectivity index (χ0) is 8.55. The van der Waals surface area contributed by atoms with Crippen molar-refractivity contribution in [2.45, 2.75) is 32.2 Å². The summed E-state index contributed by atoms with van der Waals surface area (Å²) in [5.74, 6) is 0.932. The van der Waals surface area contributed by atoms with Gasteiger partial charge in [0.1, 0.15) is 0 Å². The summed E-state index contributed by atoms with van der Waals surface area (Å²) < 4.78 is 0. The molecule has 0 amide bonds. The van der Waals surface area contributed by atoms with Gasteiger partial charge in [-0.25, -0.2) is 0 Å². The fraction of sp³-hybridized carbons (Fsp3) is 0.600. The van der Waals surface area contributed by atoms with Crippen molar-refractivity contribution in [3.05, 3.63) is 21.9 Å². The van der Waals surface area contributed by atoms with Crippen molar-refractivity contribution in [1.82, 2.24) is 0 Å². The number of hydrogen-bond acceptors (Lipinski definition) is 2. The first kappa shape index (κ1) is 8.27. The molecule has 2 rings (SSSR count). The number of aryl methyl sites for hydroxylation is 1. The second-order valence-electron chi connectivity index (χ2n) is 3.75. The van der Waals surface area contributed by atoms with Crippen molar-refractivity contribution in [2.75, 3.05) is 0 Å². The molecule has 1 saturated carbocycles. The van der Waals surface area contributed by atoms with Crippen LogP contribution in [0.5, 0.6) is 0 Å². The highest BCUT2D eigenvalue weighted by Crippen LogP contribution is 2.38.